The van der Waals surface area contributed by atoms with Gasteiger partial charge in [-0.1, -0.05) is 155 Å². The average molecular weight is 1020 g/mol. The molecule has 5 heteroatoms. The van der Waals surface area contributed by atoms with Gasteiger partial charge in [0.05, 0.1) is 5.69 Å². The summed E-state index contributed by atoms with van der Waals surface area (Å²) >= 11 is 1.87. The van der Waals surface area contributed by atoms with Crippen molar-refractivity contribution in [2.24, 2.45) is 0 Å². The molecule has 0 saturated heterocycles. The number of rotatable bonds is 5. The number of nitrogens with zero attached hydrogens (tertiary/aromatic N) is 3. The van der Waals surface area contributed by atoms with Gasteiger partial charge in [-0.3, -0.25) is 0 Å². The first-order valence-corrected chi connectivity index (χ1v) is 28.7. The first-order chi connectivity index (χ1) is 37.2. The minimum absolute atomic E-state index is 0.0284. The Bertz CT molecular complexity index is 3970. The van der Waals surface area contributed by atoms with Crippen LogP contribution in [-0.2, 0) is 27.1 Å². The van der Waals surface area contributed by atoms with Crippen molar-refractivity contribution < 1.29 is 4.11 Å². The van der Waals surface area contributed by atoms with Crippen molar-refractivity contribution in [2.75, 3.05) is 14.7 Å². The molecule has 0 unspecified atom stereocenters. The highest BCUT2D eigenvalue weighted by molar-refractivity contribution is 7.26. The zero-order chi connectivity index (χ0) is 55.7. The summed E-state index contributed by atoms with van der Waals surface area (Å²) in [4.78, 5) is 7.42. The maximum Gasteiger partial charge on any atom is 0.252 e. The van der Waals surface area contributed by atoms with E-state index in [2.05, 4.69) is 238 Å². The van der Waals surface area contributed by atoms with E-state index in [0.29, 0.717) is 5.56 Å². The molecule has 2 aliphatic heterocycles. The summed E-state index contributed by atoms with van der Waals surface area (Å²) in [6.45, 7) is 28.1. The van der Waals surface area contributed by atoms with E-state index < -0.39 is 6.85 Å². The molecule has 9 aromatic rings. The molecule has 0 saturated carbocycles. The second-order valence-electron chi connectivity index (χ2n) is 26.6. The first-order valence-electron chi connectivity index (χ1n) is 29.4. The minimum atomic E-state index is -2.42. The van der Waals surface area contributed by atoms with Crippen LogP contribution < -0.4 is 31.1 Å². The maximum absolute atomic E-state index is 9.43. The standard InChI is InChI=1S/C71H74BN3S/c1-43-37-61-65-62(38-43)75(58-32-29-49-48-23-17-20-26-63(48)76-66(49)64(58)67(4,5)6)59-40-47(73(56-24-18-15-21-44(56)2)57-25-19-16-22-45(57)3)28-31-54(59)72(65)55-41-52-53(71(13,14)36-35-70(52,11)12)42-60(55)74(61)46-27-30-50-51(39-46)69(9,10)34-33-68(50,7)8/h15-32,37-42H,33-36H2,1-14H3/i1D3. The molecular weight excluding hydrogens is 938 g/mol. The highest BCUT2D eigenvalue weighted by Crippen LogP contribution is 2.55. The fourth-order valence-corrected chi connectivity index (χ4v) is 15.6. The molecule has 0 atom stereocenters. The van der Waals surface area contributed by atoms with Crippen molar-refractivity contribution in [2.45, 2.75) is 150 Å². The zero-order valence-electron chi connectivity index (χ0n) is 50.0. The molecule has 3 nitrogen and oxygen atoms in total. The third-order valence-corrected chi connectivity index (χ3v) is 19.8. The topological polar surface area (TPSA) is 9.72 Å². The molecule has 0 radical (unpaired) electrons. The van der Waals surface area contributed by atoms with Gasteiger partial charge in [-0.2, -0.15) is 0 Å². The van der Waals surface area contributed by atoms with E-state index in [1.54, 1.807) is 0 Å². The van der Waals surface area contributed by atoms with Crippen LogP contribution in [0.3, 0.4) is 0 Å². The summed E-state index contributed by atoms with van der Waals surface area (Å²) in [6, 6.07) is 54.5. The summed E-state index contributed by atoms with van der Waals surface area (Å²) in [5.74, 6) is 0. The average Bonchev–Trinajstić information content (AvgIpc) is 2.58. The van der Waals surface area contributed by atoms with Crippen LogP contribution in [0, 0.1) is 20.7 Å². The van der Waals surface area contributed by atoms with Gasteiger partial charge in [0.1, 0.15) is 0 Å². The number of aryl methyl sites for hydroxylation is 3. The molecule has 0 N–H and O–H groups in total. The fraction of sp³-hybridized carbons (Fsp3) is 0.324. The summed E-state index contributed by atoms with van der Waals surface area (Å²) in [6.07, 6.45) is 4.40. The highest BCUT2D eigenvalue weighted by Gasteiger charge is 2.48. The van der Waals surface area contributed by atoms with E-state index in [-0.39, 0.29) is 33.8 Å². The largest absolute Gasteiger partial charge is 0.311 e. The second kappa shape index (κ2) is 16.7. The molecule has 13 rings (SSSR count). The smallest absolute Gasteiger partial charge is 0.252 e. The summed E-state index contributed by atoms with van der Waals surface area (Å²) < 4.78 is 30.8. The third-order valence-electron chi connectivity index (χ3n) is 18.6. The molecule has 0 spiro atoms. The molecular formula is C71H74BN3S. The number of anilines is 9. The maximum atomic E-state index is 9.43. The lowest BCUT2D eigenvalue weighted by Crippen LogP contribution is -2.62. The second-order valence-corrected chi connectivity index (χ2v) is 27.6. The molecule has 0 bridgehead atoms. The van der Waals surface area contributed by atoms with Gasteiger partial charge >= 0.3 is 0 Å². The van der Waals surface area contributed by atoms with Crippen molar-refractivity contribution in [3.05, 3.63) is 190 Å². The van der Waals surface area contributed by atoms with Crippen LogP contribution in [-0.4, -0.2) is 6.71 Å². The van der Waals surface area contributed by atoms with Crippen LogP contribution in [0.5, 0.6) is 0 Å². The van der Waals surface area contributed by atoms with Crippen LogP contribution in [0.25, 0.3) is 20.2 Å². The Labute approximate surface area is 461 Å². The number of benzene rings is 8. The van der Waals surface area contributed by atoms with Gasteiger partial charge in [0.25, 0.3) is 6.71 Å². The van der Waals surface area contributed by atoms with Crippen molar-refractivity contribution in [1.29, 1.82) is 0 Å². The van der Waals surface area contributed by atoms with Gasteiger partial charge in [-0.05, 0) is 201 Å². The number of para-hydroxylation sites is 2. The van der Waals surface area contributed by atoms with Gasteiger partial charge in [0, 0.05) is 69.8 Å². The molecule has 4 aliphatic rings. The number of hydrogen-bond donors (Lipinski definition) is 0. The molecule has 1 aromatic heterocycles. The molecule has 2 aliphatic carbocycles. The van der Waals surface area contributed by atoms with E-state index in [1.807, 2.05) is 23.5 Å². The number of fused-ring (bicyclic) bond motifs is 9. The van der Waals surface area contributed by atoms with Crippen LogP contribution >= 0.6 is 11.3 Å². The van der Waals surface area contributed by atoms with Crippen molar-refractivity contribution in [1.82, 2.24) is 0 Å². The minimum Gasteiger partial charge on any atom is -0.311 e. The van der Waals surface area contributed by atoms with Gasteiger partial charge in [0.2, 0.25) is 0 Å². The van der Waals surface area contributed by atoms with E-state index >= 15 is 0 Å². The Morgan fingerprint density at radius 1 is 0.513 bits per heavy atom. The monoisotopic (exact) mass is 1010 g/mol. The van der Waals surface area contributed by atoms with Crippen LogP contribution in [0.4, 0.5) is 51.2 Å². The zero-order valence-corrected chi connectivity index (χ0v) is 47.8. The molecule has 0 amide bonds. The first kappa shape index (κ1) is 45.6. The molecule has 382 valence electrons. The third kappa shape index (κ3) is 7.34. The van der Waals surface area contributed by atoms with Crippen LogP contribution in [0.2, 0.25) is 0 Å². The lowest BCUT2D eigenvalue weighted by molar-refractivity contribution is 0.332. The number of thiophene rings is 1. The lowest BCUT2D eigenvalue weighted by Gasteiger charge is -2.48. The SMILES string of the molecule is [2H]C([2H])([2H])c1cc2c3c(c1)N(c1ccc4c(sc5ccccc54)c1C(C)(C)C)c1cc(N(c4ccccc4C)c4ccccc4C)ccc1B3c1cc3c(cc1N2c1ccc2c(c1)C(C)(C)CCC2(C)C)C(C)(C)CCC3(C)C. The Hall–Kier alpha value is -6.56. The Morgan fingerprint density at radius 3 is 1.71 bits per heavy atom. The molecule has 76 heavy (non-hydrogen) atoms. The quantitative estimate of drug-likeness (QED) is 0.159. The Kier molecular flexibility index (Phi) is 10.0. The Balaban J connectivity index is 1.19. The van der Waals surface area contributed by atoms with E-state index in [0.717, 1.165) is 82.3 Å². The van der Waals surface area contributed by atoms with Crippen molar-refractivity contribution >= 4 is 106 Å². The Morgan fingerprint density at radius 2 is 1.08 bits per heavy atom. The highest BCUT2D eigenvalue weighted by atomic mass is 32.1. The van der Waals surface area contributed by atoms with Gasteiger partial charge in [0.15, 0.2) is 0 Å². The van der Waals surface area contributed by atoms with Crippen molar-refractivity contribution in [3.8, 4) is 0 Å². The molecule has 0 fully saturated rings. The normalized spacial score (nSPS) is 18.2. The predicted molar refractivity (Wildman–Crippen MR) is 332 cm³/mol. The summed E-state index contributed by atoms with van der Waals surface area (Å²) in [5, 5.41) is 2.50. The van der Waals surface area contributed by atoms with Gasteiger partial charge in [-0.15, -0.1) is 11.3 Å². The van der Waals surface area contributed by atoms with Crippen LogP contribution in [0.1, 0.15) is 150 Å². The fourth-order valence-electron chi connectivity index (χ4n) is 14.2. The van der Waals surface area contributed by atoms with E-state index in [4.69, 9.17) is 0 Å². The van der Waals surface area contributed by atoms with E-state index in [9.17, 15) is 4.11 Å². The predicted octanol–water partition coefficient (Wildman–Crippen LogP) is 18.5. The molecule has 3 heterocycles. The lowest BCUT2D eigenvalue weighted by atomic mass is 9.33. The van der Waals surface area contributed by atoms with Gasteiger partial charge in [-0.25, -0.2) is 0 Å². The number of hydrogen-bond acceptors (Lipinski definition) is 4. The molecule has 8 aromatic carbocycles. The van der Waals surface area contributed by atoms with Crippen molar-refractivity contribution in [3.63, 3.8) is 0 Å². The van der Waals surface area contributed by atoms with Crippen LogP contribution in [0.15, 0.2) is 146 Å². The summed E-state index contributed by atoms with van der Waals surface area (Å²) in [7, 11) is 0. The van der Waals surface area contributed by atoms with E-state index in [1.165, 1.54) is 70.0 Å². The summed E-state index contributed by atoms with van der Waals surface area (Å²) in [5.41, 5.74) is 22.1. The van der Waals surface area contributed by atoms with Gasteiger partial charge < -0.3 is 14.7 Å².